The smallest absolute Gasteiger partial charge is 0.199 e. The highest BCUT2D eigenvalue weighted by molar-refractivity contribution is 6.04. The lowest BCUT2D eigenvalue weighted by atomic mass is 10.1. The standard InChI is InChI=1S/C32H40N16O4/c1-6-8-10-20-25(39-41-31-18(13-37-45(31)4)27(50)17(3)49)29(33)47(43-20)23-12-24(36-16-35-23)48-30(34)26(21(44-48)11-9-7-2)40-42-32-19(14-38-46(32)5)28(51)22-15-52-22/h12-14,16-17,22,49H,6-11,15,33-34H2,1-5H3/b41-39+,42-40+. The number of nitrogen functional groups attached to an aromatic ring is 2. The van der Waals surface area contributed by atoms with Gasteiger partial charge in [-0.3, -0.25) is 9.59 Å². The van der Waals surface area contributed by atoms with Crippen LogP contribution >= 0.6 is 0 Å². The number of ether oxygens (including phenoxy) is 1. The van der Waals surface area contributed by atoms with Crippen molar-refractivity contribution < 1.29 is 19.4 Å². The van der Waals surface area contributed by atoms with Crippen molar-refractivity contribution in [1.82, 2.24) is 49.1 Å². The maximum absolute atomic E-state index is 12.7. The Balaban J connectivity index is 1.37. The van der Waals surface area contributed by atoms with Crippen LogP contribution in [-0.4, -0.2) is 84.6 Å². The van der Waals surface area contributed by atoms with Crippen LogP contribution in [0.5, 0.6) is 0 Å². The fourth-order valence-corrected chi connectivity index (χ4v) is 5.34. The SMILES string of the molecule is CCCCc1nn(-c2cc(-n3nc(CCCC)c(/N=N/c4c(C(=O)C5CO5)cnn4C)c3N)ncn2)c(N)c1/N=N/c1c(C(=O)C(C)O)cnn1C. The van der Waals surface area contributed by atoms with E-state index in [9.17, 15) is 14.7 Å². The number of unbranched alkanes of at least 4 members (excludes halogenated alkanes) is 2. The zero-order chi connectivity index (χ0) is 37.1. The zero-order valence-electron chi connectivity index (χ0n) is 29.5. The first-order chi connectivity index (χ1) is 25.0. The van der Waals surface area contributed by atoms with Crippen LogP contribution < -0.4 is 11.5 Å². The molecule has 2 atom stereocenters. The normalized spacial score (nSPS) is 14.9. The number of azo groups is 2. The molecule has 6 rings (SSSR count). The molecule has 0 radical (unpaired) electrons. The van der Waals surface area contributed by atoms with E-state index in [0.717, 1.165) is 25.7 Å². The number of aryl methyl sites for hydroxylation is 4. The Labute approximate surface area is 297 Å². The van der Waals surface area contributed by atoms with Crippen molar-refractivity contribution in [3.8, 4) is 11.6 Å². The molecule has 0 spiro atoms. The van der Waals surface area contributed by atoms with Crippen molar-refractivity contribution >= 4 is 46.2 Å². The Kier molecular flexibility index (Phi) is 10.4. The van der Waals surface area contributed by atoms with Gasteiger partial charge in [-0.15, -0.1) is 20.5 Å². The van der Waals surface area contributed by atoms with E-state index in [4.69, 9.17) is 26.4 Å². The van der Waals surface area contributed by atoms with Crippen molar-refractivity contribution in [1.29, 1.82) is 0 Å². The zero-order valence-corrected chi connectivity index (χ0v) is 29.5. The van der Waals surface area contributed by atoms with Crippen LogP contribution in [0, 0.1) is 0 Å². The van der Waals surface area contributed by atoms with E-state index < -0.39 is 18.0 Å². The van der Waals surface area contributed by atoms with Crippen molar-refractivity contribution in [3.05, 3.63) is 47.3 Å². The molecule has 1 aliphatic rings. The number of epoxide rings is 1. The maximum Gasteiger partial charge on any atom is 0.199 e. The van der Waals surface area contributed by atoms with Crippen LogP contribution in [0.4, 0.5) is 34.6 Å². The molecule has 0 saturated carbocycles. The predicted molar refractivity (Wildman–Crippen MR) is 187 cm³/mol. The minimum Gasteiger partial charge on any atom is -0.385 e. The van der Waals surface area contributed by atoms with Gasteiger partial charge in [0.15, 0.2) is 57.8 Å². The van der Waals surface area contributed by atoms with Gasteiger partial charge >= 0.3 is 0 Å². The second kappa shape index (κ2) is 15.1. The minimum absolute atomic E-state index is 0.124. The van der Waals surface area contributed by atoms with Crippen LogP contribution in [0.25, 0.3) is 11.6 Å². The van der Waals surface area contributed by atoms with Gasteiger partial charge in [0, 0.05) is 20.2 Å². The second-order valence-corrected chi connectivity index (χ2v) is 12.3. The monoisotopic (exact) mass is 712 g/mol. The van der Waals surface area contributed by atoms with Gasteiger partial charge in [-0.05, 0) is 32.6 Å². The van der Waals surface area contributed by atoms with Gasteiger partial charge in [0.1, 0.15) is 18.5 Å². The molecule has 1 aliphatic heterocycles. The van der Waals surface area contributed by atoms with Gasteiger partial charge in [-0.1, -0.05) is 26.7 Å². The molecule has 272 valence electrons. The van der Waals surface area contributed by atoms with Crippen molar-refractivity contribution in [3.63, 3.8) is 0 Å². The van der Waals surface area contributed by atoms with E-state index in [0.29, 0.717) is 59.4 Å². The number of carbonyl (C=O) groups excluding carboxylic acids is 2. The van der Waals surface area contributed by atoms with Crippen LogP contribution in [0.3, 0.4) is 0 Å². The van der Waals surface area contributed by atoms with Gasteiger partial charge in [-0.2, -0.15) is 29.8 Å². The van der Waals surface area contributed by atoms with E-state index in [2.05, 4.69) is 54.5 Å². The van der Waals surface area contributed by atoms with Gasteiger partial charge in [0.25, 0.3) is 0 Å². The summed E-state index contributed by atoms with van der Waals surface area (Å²) in [6, 6.07) is 1.62. The van der Waals surface area contributed by atoms with E-state index in [1.165, 1.54) is 44.4 Å². The predicted octanol–water partition coefficient (Wildman–Crippen LogP) is 4.14. The van der Waals surface area contributed by atoms with E-state index in [1.807, 2.05) is 0 Å². The van der Waals surface area contributed by atoms with Gasteiger partial charge in [-0.25, -0.2) is 19.3 Å². The molecule has 52 heavy (non-hydrogen) atoms. The quantitative estimate of drug-likeness (QED) is 0.0740. The summed E-state index contributed by atoms with van der Waals surface area (Å²) >= 11 is 0. The molecule has 0 aromatic carbocycles. The largest absolute Gasteiger partial charge is 0.385 e. The third-order valence-electron chi connectivity index (χ3n) is 8.38. The number of aliphatic hydroxyl groups is 1. The molecule has 5 N–H and O–H groups in total. The Hall–Kier alpha value is -6.02. The third kappa shape index (κ3) is 7.10. The molecular formula is C32H40N16O4. The number of anilines is 2. The average Bonchev–Trinajstić information content (AvgIpc) is 3.60. The summed E-state index contributed by atoms with van der Waals surface area (Å²) in [7, 11) is 3.28. The number of nitrogens with two attached hydrogens (primary N) is 2. The first kappa shape index (κ1) is 35.8. The fourth-order valence-electron chi connectivity index (χ4n) is 5.34. The van der Waals surface area contributed by atoms with Crippen LogP contribution in [0.2, 0.25) is 0 Å². The minimum atomic E-state index is -1.24. The first-order valence-corrected chi connectivity index (χ1v) is 16.9. The first-order valence-electron chi connectivity index (χ1n) is 16.9. The van der Waals surface area contributed by atoms with E-state index in [-0.39, 0.29) is 34.6 Å². The maximum atomic E-state index is 12.7. The average molecular weight is 713 g/mol. The number of aromatic nitrogens is 10. The molecule has 20 nitrogen and oxygen atoms in total. The summed E-state index contributed by atoms with van der Waals surface area (Å²) in [5, 5.41) is 45.2. The fraction of sp³-hybridized carbons (Fsp3) is 0.438. The molecule has 1 saturated heterocycles. The number of carbonyl (C=O) groups is 2. The number of aliphatic hydroxyl groups excluding tert-OH is 1. The Morgan fingerprint density at radius 2 is 1.35 bits per heavy atom. The molecule has 5 aromatic rings. The molecule has 0 amide bonds. The number of hydrogen-bond donors (Lipinski definition) is 3. The molecule has 1 fully saturated rings. The number of ketones is 2. The van der Waals surface area contributed by atoms with Crippen LogP contribution in [-0.2, 0) is 31.7 Å². The van der Waals surface area contributed by atoms with Gasteiger partial charge in [0.2, 0.25) is 0 Å². The van der Waals surface area contributed by atoms with Crippen LogP contribution in [0.15, 0.2) is 45.2 Å². The summed E-state index contributed by atoms with van der Waals surface area (Å²) in [6.45, 7) is 5.85. The lowest BCUT2D eigenvalue weighted by Gasteiger charge is -2.06. The number of hydrogen-bond acceptors (Lipinski definition) is 16. The molecule has 2 unspecified atom stereocenters. The summed E-state index contributed by atoms with van der Waals surface area (Å²) in [4.78, 5) is 34.1. The number of nitrogens with zero attached hydrogens (tertiary/aromatic N) is 14. The lowest BCUT2D eigenvalue weighted by Crippen LogP contribution is -2.15. The molecule has 5 aromatic heterocycles. The Morgan fingerprint density at radius 1 is 0.865 bits per heavy atom. The molecular weight excluding hydrogens is 672 g/mol. The topological polar surface area (TPSA) is 265 Å². The number of rotatable bonds is 16. The Morgan fingerprint density at radius 3 is 1.81 bits per heavy atom. The summed E-state index contributed by atoms with van der Waals surface area (Å²) in [5.74, 6) is 0.626. The molecule has 6 heterocycles. The molecule has 0 bridgehead atoms. The van der Waals surface area contributed by atoms with Crippen molar-refractivity contribution in [2.75, 3.05) is 18.1 Å². The molecule has 20 heteroatoms. The van der Waals surface area contributed by atoms with Crippen molar-refractivity contribution in [2.45, 2.75) is 71.5 Å². The second-order valence-electron chi connectivity index (χ2n) is 12.3. The van der Waals surface area contributed by atoms with Gasteiger partial charge in [0.05, 0.1) is 41.5 Å². The Bertz CT molecular complexity index is 2030. The van der Waals surface area contributed by atoms with E-state index >= 15 is 0 Å². The highest BCUT2D eigenvalue weighted by Gasteiger charge is 2.35. The van der Waals surface area contributed by atoms with Crippen LogP contribution in [0.1, 0.15) is 78.6 Å². The summed E-state index contributed by atoms with van der Waals surface area (Å²) in [5.41, 5.74) is 15.5. The molecule has 0 aliphatic carbocycles. The summed E-state index contributed by atoms with van der Waals surface area (Å²) in [6.07, 6.45) is 6.90. The lowest BCUT2D eigenvalue weighted by molar-refractivity contribution is 0.0780. The highest BCUT2D eigenvalue weighted by Crippen LogP contribution is 2.35. The highest BCUT2D eigenvalue weighted by atomic mass is 16.6. The van der Waals surface area contributed by atoms with Gasteiger partial charge < -0.3 is 21.3 Å². The van der Waals surface area contributed by atoms with Crippen molar-refractivity contribution in [2.24, 2.45) is 34.6 Å². The number of Topliss-reactive ketones (excluding diaryl/α,β-unsaturated/α-hetero) is 2. The van der Waals surface area contributed by atoms with E-state index in [1.54, 1.807) is 20.2 Å². The third-order valence-corrected chi connectivity index (χ3v) is 8.38. The summed E-state index contributed by atoms with van der Waals surface area (Å²) < 4.78 is 10.9.